The van der Waals surface area contributed by atoms with Crippen LogP contribution in [0.2, 0.25) is 18.1 Å². The summed E-state index contributed by atoms with van der Waals surface area (Å²) in [6, 6.07) is 10.2. The van der Waals surface area contributed by atoms with Crippen LogP contribution in [-0.4, -0.2) is 38.0 Å². The highest BCUT2D eigenvalue weighted by Gasteiger charge is 2.56. The fraction of sp³-hybridized carbons (Fsp3) is 0.500. The molecule has 3 nitrogen and oxygen atoms in total. The number of nitrogens with zero attached hydrogens (tertiary/aromatic N) is 1. The van der Waals surface area contributed by atoms with Crippen LogP contribution >= 0.6 is 0 Å². The molecule has 4 heteroatoms. The monoisotopic (exact) mass is 317 g/mol. The van der Waals surface area contributed by atoms with Crippen molar-refractivity contribution in [1.82, 2.24) is 4.57 Å². The standard InChI is InChI=1S/C18H27NO2Si/c1-18(2,3)22(5,6)19-15(16(21-4)17(19)20)13-12-14-10-8-7-9-11-14/h7-13,15-16H,1-6H3/b13-12+/t15-,16+/m0/s1. The van der Waals surface area contributed by atoms with Crippen LogP contribution in [0.5, 0.6) is 0 Å². The quantitative estimate of drug-likeness (QED) is 0.622. The molecule has 0 unspecified atom stereocenters. The predicted molar refractivity (Wildman–Crippen MR) is 94.1 cm³/mol. The van der Waals surface area contributed by atoms with Gasteiger partial charge in [0.25, 0.3) is 0 Å². The van der Waals surface area contributed by atoms with Crippen molar-refractivity contribution in [2.45, 2.75) is 51.0 Å². The number of ether oxygens (including phenoxy) is 1. The van der Waals surface area contributed by atoms with Crippen LogP contribution in [-0.2, 0) is 9.53 Å². The van der Waals surface area contributed by atoms with Crippen molar-refractivity contribution in [2.75, 3.05) is 7.11 Å². The molecule has 0 N–H and O–H groups in total. The molecular formula is C18H27NO2Si. The van der Waals surface area contributed by atoms with E-state index in [1.807, 2.05) is 18.2 Å². The Morgan fingerprint density at radius 2 is 1.77 bits per heavy atom. The molecule has 0 bridgehead atoms. The van der Waals surface area contributed by atoms with Gasteiger partial charge in [0.2, 0.25) is 5.91 Å². The Morgan fingerprint density at radius 1 is 1.18 bits per heavy atom. The summed E-state index contributed by atoms with van der Waals surface area (Å²) in [6.07, 6.45) is 3.86. The third-order valence-corrected chi connectivity index (χ3v) is 10.5. The minimum absolute atomic E-state index is 0.0404. The fourth-order valence-electron chi connectivity index (χ4n) is 2.69. The number of β-lactam (4-membered cyclic amide) rings is 1. The maximum Gasteiger partial charge on any atom is 0.246 e. The van der Waals surface area contributed by atoms with E-state index >= 15 is 0 Å². The topological polar surface area (TPSA) is 29.5 Å². The SMILES string of the molecule is CO[C@H]1C(=O)N([Si](C)(C)C(C)(C)C)[C@H]1/C=C/c1ccccc1. The molecular weight excluding hydrogens is 290 g/mol. The van der Waals surface area contributed by atoms with Gasteiger partial charge in [0.1, 0.15) is 0 Å². The second-order valence-electron chi connectivity index (χ2n) is 7.43. The van der Waals surface area contributed by atoms with Gasteiger partial charge in [-0.25, -0.2) is 0 Å². The minimum atomic E-state index is -1.89. The first-order chi connectivity index (χ1) is 10.2. The summed E-state index contributed by atoms with van der Waals surface area (Å²) in [7, 11) is -0.271. The molecule has 120 valence electrons. The lowest BCUT2D eigenvalue weighted by Gasteiger charge is -2.57. The molecule has 0 spiro atoms. The van der Waals surface area contributed by atoms with Gasteiger partial charge >= 0.3 is 0 Å². The molecule has 1 aromatic rings. The van der Waals surface area contributed by atoms with Crippen LogP contribution in [0, 0.1) is 0 Å². The molecule has 1 aromatic carbocycles. The predicted octanol–water partition coefficient (Wildman–Crippen LogP) is 3.93. The highest BCUT2D eigenvalue weighted by molar-refractivity contribution is 6.80. The van der Waals surface area contributed by atoms with Gasteiger partial charge in [-0.1, -0.05) is 76.3 Å². The van der Waals surface area contributed by atoms with Crippen LogP contribution in [0.3, 0.4) is 0 Å². The van der Waals surface area contributed by atoms with Gasteiger partial charge < -0.3 is 9.30 Å². The second kappa shape index (κ2) is 6.01. The minimum Gasteiger partial charge on any atom is -0.369 e. The van der Waals surface area contributed by atoms with Crippen LogP contribution in [0.4, 0.5) is 0 Å². The van der Waals surface area contributed by atoms with E-state index < -0.39 is 8.24 Å². The Labute approximate surface area is 135 Å². The van der Waals surface area contributed by atoms with E-state index in [1.54, 1.807) is 7.11 Å². The van der Waals surface area contributed by atoms with Crippen LogP contribution in [0.15, 0.2) is 36.4 Å². The van der Waals surface area contributed by atoms with Crippen LogP contribution < -0.4 is 0 Å². The second-order valence-corrected chi connectivity index (χ2v) is 12.5. The highest BCUT2D eigenvalue weighted by atomic mass is 28.3. The fourth-order valence-corrected chi connectivity index (χ4v) is 5.06. The van der Waals surface area contributed by atoms with Crippen LogP contribution in [0.1, 0.15) is 26.3 Å². The molecule has 0 saturated carbocycles. The third kappa shape index (κ3) is 2.90. The summed E-state index contributed by atoms with van der Waals surface area (Å²) in [6.45, 7) is 11.2. The number of hydrogen-bond acceptors (Lipinski definition) is 2. The number of carbonyl (C=O) groups excluding carboxylic acids is 1. The van der Waals surface area contributed by atoms with E-state index in [0.717, 1.165) is 5.56 Å². The van der Waals surface area contributed by atoms with Gasteiger partial charge in [0.05, 0.1) is 6.04 Å². The highest BCUT2D eigenvalue weighted by Crippen LogP contribution is 2.43. The van der Waals surface area contributed by atoms with Crippen molar-refractivity contribution < 1.29 is 9.53 Å². The summed E-state index contributed by atoms with van der Waals surface area (Å²) >= 11 is 0. The lowest BCUT2D eigenvalue weighted by Crippen LogP contribution is -2.74. The van der Waals surface area contributed by atoms with Crippen molar-refractivity contribution in [3.05, 3.63) is 42.0 Å². The number of benzene rings is 1. The Kier molecular flexibility index (Phi) is 4.64. The van der Waals surface area contributed by atoms with Crippen molar-refractivity contribution in [1.29, 1.82) is 0 Å². The molecule has 2 rings (SSSR count). The third-order valence-electron chi connectivity index (χ3n) is 5.07. The maximum absolute atomic E-state index is 12.5. The molecule has 1 aliphatic rings. The number of hydrogen-bond donors (Lipinski definition) is 0. The Balaban J connectivity index is 2.27. The van der Waals surface area contributed by atoms with Gasteiger partial charge in [0, 0.05) is 7.11 Å². The van der Waals surface area contributed by atoms with Crippen molar-refractivity contribution in [3.8, 4) is 0 Å². The molecule has 1 saturated heterocycles. The maximum atomic E-state index is 12.5. The van der Waals surface area contributed by atoms with Gasteiger partial charge in [-0.3, -0.25) is 4.79 Å². The molecule has 0 aromatic heterocycles. The first-order valence-corrected chi connectivity index (χ1v) is 10.7. The molecule has 1 aliphatic heterocycles. The van der Waals surface area contributed by atoms with Crippen molar-refractivity contribution in [2.24, 2.45) is 0 Å². The molecule has 1 fully saturated rings. The normalized spacial score (nSPS) is 23.0. The molecule has 1 heterocycles. The van der Waals surface area contributed by atoms with E-state index in [2.05, 4.69) is 62.7 Å². The number of amides is 1. The van der Waals surface area contributed by atoms with Crippen LogP contribution in [0.25, 0.3) is 6.08 Å². The zero-order valence-corrected chi connectivity index (χ0v) is 15.5. The summed E-state index contributed by atoms with van der Waals surface area (Å²) < 4.78 is 7.52. The average molecular weight is 318 g/mol. The summed E-state index contributed by atoms with van der Waals surface area (Å²) in [5.41, 5.74) is 1.15. The first kappa shape index (κ1) is 17.0. The van der Waals surface area contributed by atoms with Gasteiger partial charge in [-0.15, -0.1) is 0 Å². The van der Waals surface area contributed by atoms with E-state index in [9.17, 15) is 4.79 Å². The Bertz CT molecular complexity index is 560. The molecule has 0 radical (unpaired) electrons. The zero-order chi connectivity index (χ0) is 16.5. The van der Waals surface area contributed by atoms with Gasteiger partial charge in [-0.2, -0.15) is 0 Å². The molecule has 0 aliphatic carbocycles. The first-order valence-electron chi connectivity index (χ1n) is 7.79. The lowest BCUT2D eigenvalue weighted by atomic mass is 10.0. The summed E-state index contributed by atoms with van der Waals surface area (Å²) in [5.74, 6) is 0.136. The molecule has 22 heavy (non-hydrogen) atoms. The Hall–Kier alpha value is -1.39. The van der Waals surface area contributed by atoms with E-state index in [1.165, 1.54) is 0 Å². The van der Waals surface area contributed by atoms with Crippen molar-refractivity contribution >= 4 is 20.2 Å². The Morgan fingerprint density at radius 3 is 2.27 bits per heavy atom. The molecule has 1 amide bonds. The van der Waals surface area contributed by atoms with Gasteiger partial charge in [0.15, 0.2) is 14.3 Å². The number of rotatable bonds is 4. The molecule has 2 atom stereocenters. The number of carbonyl (C=O) groups is 1. The lowest BCUT2D eigenvalue weighted by molar-refractivity contribution is -0.157. The van der Waals surface area contributed by atoms with E-state index in [0.29, 0.717) is 0 Å². The van der Waals surface area contributed by atoms with E-state index in [4.69, 9.17) is 4.74 Å². The summed E-state index contributed by atoms with van der Waals surface area (Å²) in [4.78, 5) is 12.5. The van der Waals surface area contributed by atoms with Gasteiger partial charge in [-0.05, 0) is 10.6 Å². The smallest absolute Gasteiger partial charge is 0.246 e. The number of methoxy groups -OCH3 is 1. The average Bonchev–Trinajstić information content (AvgIpc) is 2.43. The largest absolute Gasteiger partial charge is 0.369 e. The summed E-state index contributed by atoms with van der Waals surface area (Å²) in [5, 5.41) is 0.125. The van der Waals surface area contributed by atoms with E-state index in [-0.39, 0.29) is 23.1 Å². The zero-order valence-electron chi connectivity index (χ0n) is 14.5. The van der Waals surface area contributed by atoms with Crippen molar-refractivity contribution in [3.63, 3.8) is 0 Å².